The number of nitrogens with one attached hydrogen (secondary N) is 2. The molecule has 1 atom stereocenters. The molecule has 2 aromatic carbocycles. The molecule has 1 aliphatic heterocycles. The monoisotopic (exact) mass is 415 g/mol. The molecule has 0 radical (unpaired) electrons. The van der Waals surface area contributed by atoms with Gasteiger partial charge in [0.1, 0.15) is 0 Å². The largest absolute Gasteiger partial charge is 0.381 e. The number of aliphatic imine (C=N–C) groups is 1. The van der Waals surface area contributed by atoms with E-state index in [0.29, 0.717) is 5.92 Å². The van der Waals surface area contributed by atoms with Crippen molar-refractivity contribution in [3.8, 4) is 0 Å². The molecular formula is C23H33N3O2S. The van der Waals surface area contributed by atoms with Crippen LogP contribution in [-0.4, -0.2) is 58.3 Å². The summed E-state index contributed by atoms with van der Waals surface area (Å²) in [4.78, 5) is 4.29. The van der Waals surface area contributed by atoms with Gasteiger partial charge in [-0.25, -0.2) is 0 Å². The molecule has 0 saturated carbocycles. The molecule has 0 aliphatic carbocycles. The summed E-state index contributed by atoms with van der Waals surface area (Å²) in [5, 5.41) is 9.42. The molecule has 1 heterocycles. The molecule has 1 saturated heterocycles. The molecule has 0 bridgehead atoms. The molecule has 2 N–H and O–H groups in total. The van der Waals surface area contributed by atoms with Gasteiger partial charge < -0.3 is 20.1 Å². The Bertz CT molecular complexity index is 757. The fourth-order valence-electron chi connectivity index (χ4n) is 3.41. The van der Waals surface area contributed by atoms with Gasteiger partial charge in [-0.05, 0) is 29.2 Å². The van der Waals surface area contributed by atoms with Crippen LogP contribution in [0.3, 0.4) is 0 Å². The van der Waals surface area contributed by atoms with E-state index in [1.807, 2.05) is 18.8 Å². The Hall–Kier alpha value is -1.76. The summed E-state index contributed by atoms with van der Waals surface area (Å²) in [5.41, 5.74) is 1.40. The normalized spacial score (nSPS) is 17.0. The number of hydrogen-bond acceptors (Lipinski definition) is 4. The molecule has 2 aromatic rings. The SMILES string of the molecule is CN=C(NCCCOCC1CCOC1)NCCSCc1cccc2ccccc12. The number of fused-ring (bicyclic) bond motifs is 1. The molecular weight excluding hydrogens is 382 g/mol. The first-order valence-electron chi connectivity index (χ1n) is 10.5. The summed E-state index contributed by atoms with van der Waals surface area (Å²) in [6, 6.07) is 15.1. The molecule has 1 unspecified atom stereocenters. The van der Waals surface area contributed by atoms with Crippen LogP contribution in [0.4, 0.5) is 0 Å². The Labute approximate surface area is 178 Å². The van der Waals surface area contributed by atoms with E-state index in [4.69, 9.17) is 9.47 Å². The Morgan fingerprint density at radius 1 is 1.17 bits per heavy atom. The van der Waals surface area contributed by atoms with E-state index in [2.05, 4.69) is 58.1 Å². The van der Waals surface area contributed by atoms with Gasteiger partial charge in [0.05, 0.1) is 13.2 Å². The second kappa shape index (κ2) is 12.7. The van der Waals surface area contributed by atoms with Crippen LogP contribution >= 0.6 is 11.8 Å². The van der Waals surface area contributed by atoms with E-state index in [0.717, 1.165) is 69.8 Å². The maximum absolute atomic E-state index is 5.74. The number of ether oxygens (including phenoxy) is 2. The summed E-state index contributed by atoms with van der Waals surface area (Å²) in [6.45, 7) is 5.10. The van der Waals surface area contributed by atoms with Crippen molar-refractivity contribution >= 4 is 28.5 Å². The van der Waals surface area contributed by atoms with Crippen LogP contribution in [0.2, 0.25) is 0 Å². The predicted molar refractivity (Wildman–Crippen MR) is 124 cm³/mol. The summed E-state index contributed by atoms with van der Waals surface area (Å²) in [6.07, 6.45) is 2.11. The molecule has 0 spiro atoms. The quantitative estimate of drug-likeness (QED) is 0.333. The summed E-state index contributed by atoms with van der Waals surface area (Å²) < 4.78 is 11.1. The van der Waals surface area contributed by atoms with Crippen molar-refractivity contribution < 1.29 is 9.47 Å². The molecule has 5 nitrogen and oxygen atoms in total. The van der Waals surface area contributed by atoms with Gasteiger partial charge >= 0.3 is 0 Å². The predicted octanol–water partition coefficient (Wildman–Crippen LogP) is 3.68. The zero-order valence-corrected chi connectivity index (χ0v) is 18.2. The van der Waals surface area contributed by atoms with Gasteiger partial charge in [-0.1, -0.05) is 42.5 Å². The second-order valence-electron chi connectivity index (χ2n) is 7.27. The Morgan fingerprint density at radius 3 is 2.90 bits per heavy atom. The van der Waals surface area contributed by atoms with Crippen LogP contribution in [0.5, 0.6) is 0 Å². The highest BCUT2D eigenvalue weighted by molar-refractivity contribution is 7.98. The van der Waals surface area contributed by atoms with Crippen LogP contribution in [-0.2, 0) is 15.2 Å². The molecule has 158 valence electrons. The van der Waals surface area contributed by atoms with Crippen LogP contribution < -0.4 is 10.6 Å². The summed E-state index contributed by atoms with van der Waals surface area (Å²) in [7, 11) is 1.81. The molecule has 6 heteroatoms. The Balaban J connectivity index is 1.24. The van der Waals surface area contributed by atoms with Crippen molar-refractivity contribution in [3.05, 3.63) is 48.0 Å². The zero-order chi connectivity index (χ0) is 20.2. The van der Waals surface area contributed by atoms with Crippen molar-refractivity contribution in [1.82, 2.24) is 10.6 Å². The third kappa shape index (κ3) is 7.53. The first kappa shape index (κ1) is 21.9. The van der Waals surface area contributed by atoms with Crippen LogP contribution in [0.1, 0.15) is 18.4 Å². The van der Waals surface area contributed by atoms with Gasteiger partial charge in [-0.15, -0.1) is 0 Å². The standard InChI is InChI=1S/C23H33N3O2S/c1-24-23(25-11-5-13-27-16-19-10-14-28-17-19)26-12-15-29-18-21-8-4-7-20-6-2-3-9-22(20)21/h2-4,6-9,19H,5,10-18H2,1H3,(H2,24,25,26). The second-order valence-corrected chi connectivity index (χ2v) is 8.38. The van der Waals surface area contributed by atoms with Crippen molar-refractivity contribution in [2.24, 2.45) is 10.9 Å². The van der Waals surface area contributed by atoms with Crippen LogP contribution in [0.15, 0.2) is 47.5 Å². The minimum absolute atomic E-state index is 0.587. The van der Waals surface area contributed by atoms with Gasteiger partial charge in [-0.3, -0.25) is 4.99 Å². The van der Waals surface area contributed by atoms with Gasteiger partial charge in [0.15, 0.2) is 5.96 Å². The molecule has 3 rings (SSSR count). The maximum atomic E-state index is 5.74. The lowest BCUT2D eigenvalue weighted by Gasteiger charge is -2.13. The smallest absolute Gasteiger partial charge is 0.191 e. The highest BCUT2D eigenvalue weighted by atomic mass is 32.2. The van der Waals surface area contributed by atoms with Crippen molar-refractivity contribution in [3.63, 3.8) is 0 Å². The minimum Gasteiger partial charge on any atom is -0.381 e. The summed E-state index contributed by atoms with van der Waals surface area (Å²) >= 11 is 1.95. The first-order chi connectivity index (χ1) is 14.4. The van der Waals surface area contributed by atoms with E-state index in [-0.39, 0.29) is 0 Å². The average molecular weight is 416 g/mol. The fourth-order valence-corrected chi connectivity index (χ4v) is 4.27. The van der Waals surface area contributed by atoms with Crippen LogP contribution in [0.25, 0.3) is 10.8 Å². The molecule has 29 heavy (non-hydrogen) atoms. The lowest BCUT2D eigenvalue weighted by Crippen LogP contribution is -2.39. The third-order valence-electron chi connectivity index (χ3n) is 5.04. The number of thioether (sulfide) groups is 1. The Morgan fingerprint density at radius 2 is 2.03 bits per heavy atom. The lowest BCUT2D eigenvalue weighted by atomic mass is 10.1. The third-order valence-corrected chi connectivity index (χ3v) is 6.04. The highest BCUT2D eigenvalue weighted by Gasteiger charge is 2.15. The van der Waals surface area contributed by atoms with Gasteiger partial charge in [0, 0.05) is 50.8 Å². The van der Waals surface area contributed by atoms with E-state index >= 15 is 0 Å². The number of guanidine groups is 1. The number of hydrogen-bond donors (Lipinski definition) is 2. The highest BCUT2D eigenvalue weighted by Crippen LogP contribution is 2.22. The summed E-state index contributed by atoms with van der Waals surface area (Å²) in [5.74, 6) is 3.51. The minimum atomic E-state index is 0.587. The molecule has 1 fully saturated rings. The maximum Gasteiger partial charge on any atom is 0.191 e. The van der Waals surface area contributed by atoms with E-state index < -0.39 is 0 Å². The number of rotatable bonds is 11. The number of nitrogens with zero attached hydrogens (tertiary/aromatic N) is 1. The topological polar surface area (TPSA) is 54.9 Å². The lowest BCUT2D eigenvalue weighted by molar-refractivity contribution is 0.0888. The number of benzene rings is 2. The molecule has 1 aliphatic rings. The fraction of sp³-hybridized carbons (Fsp3) is 0.522. The average Bonchev–Trinajstić information content (AvgIpc) is 3.28. The van der Waals surface area contributed by atoms with Gasteiger partial charge in [0.25, 0.3) is 0 Å². The van der Waals surface area contributed by atoms with E-state index in [9.17, 15) is 0 Å². The van der Waals surface area contributed by atoms with E-state index in [1.165, 1.54) is 16.3 Å². The molecule has 0 aromatic heterocycles. The first-order valence-corrected chi connectivity index (χ1v) is 11.7. The van der Waals surface area contributed by atoms with Crippen LogP contribution in [0, 0.1) is 5.92 Å². The zero-order valence-electron chi connectivity index (χ0n) is 17.4. The van der Waals surface area contributed by atoms with Gasteiger partial charge in [-0.2, -0.15) is 11.8 Å². The van der Waals surface area contributed by atoms with Crippen molar-refractivity contribution in [2.45, 2.75) is 18.6 Å². The molecule has 0 amide bonds. The van der Waals surface area contributed by atoms with Crippen molar-refractivity contribution in [2.75, 3.05) is 52.3 Å². The van der Waals surface area contributed by atoms with E-state index in [1.54, 1.807) is 0 Å². The Kier molecular flexibility index (Phi) is 9.63. The van der Waals surface area contributed by atoms with Crippen molar-refractivity contribution in [1.29, 1.82) is 0 Å². The van der Waals surface area contributed by atoms with Gasteiger partial charge in [0.2, 0.25) is 0 Å².